The van der Waals surface area contributed by atoms with E-state index in [1.165, 1.54) is 23.5 Å². The summed E-state index contributed by atoms with van der Waals surface area (Å²) in [7, 11) is -2.29. The van der Waals surface area contributed by atoms with Crippen LogP contribution in [0.15, 0.2) is 88.7 Å². The average Bonchev–Trinajstić information content (AvgIpc) is 2.75. The van der Waals surface area contributed by atoms with Gasteiger partial charge in [-0.2, -0.15) is 0 Å². The maximum Gasteiger partial charge on any atom is 0.264 e. The molecular weight excluding hydrogens is 404 g/mol. The highest BCUT2D eigenvalue weighted by Gasteiger charge is 2.22. The van der Waals surface area contributed by atoms with Gasteiger partial charge in [-0.05, 0) is 48.2 Å². The van der Waals surface area contributed by atoms with Crippen LogP contribution in [0.2, 0.25) is 0 Å². The maximum absolute atomic E-state index is 13.0. The number of anilines is 2. The molecule has 0 aliphatic carbocycles. The van der Waals surface area contributed by atoms with Crippen molar-refractivity contribution in [3.8, 4) is 0 Å². The lowest BCUT2D eigenvalue weighted by atomic mass is 10.2. The minimum Gasteiger partial charge on any atom is -0.321 e. The lowest BCUT2D eigenvalue weighted by Crippen LogP contribution is -2.26. The van der Waals surface area contributed by atoms with E-state index in [1.54, 1.807) is 48.2 Å². The number of hydrogen-bond donors (Lipinski definition) is 1. The Kier molecular flexibility index (Phi) is 6.61. The Labute approximate surface area is 175 Å². The van der Waals surface area contributed by atoms with Crippen molar-refractivity contribution in [3.63, 3.8) is 0 Å². The van der Waals surface area contributed by atoms with Gasteiger partial charge >= 0.3 is 0 Å². The lowest BCUT2D eigenvalue weighted by molar-refractivity contribution is 0.102. The Hall–Kier alpha value is -2.77. The average molecular weight is 427 g/mol. The van der Waals surface area contributed by atoms with Crippen LogP contribution in [0.4, 0.5) is 11.4 Å². The number of amides is 1. The van der Waals surface area contributed by atoms with Gasteiger partial charge in [0.2, 0.25) is 0 Å². The fourth-order valence-corrected chi connectivity index (χ4v) is 4.78. The van der Waals surface area contributed by atoms with E-state index < -0.39 is 10.0 Å². The van der Waals surface area contributed by atoms with Crippen LogP contribution in [-0.2, 0) is 10.0 Å². The van der Waals surface area contributed by atoms with E-state index in [-0.39, 0.29) is 16.4 Å². The molecule has 0 unspecified atom stereocenters. The summed E-state index contributed by atoms with van der Waals surface area (Å²) in [6, 6.07) is 22.4. The number of hydrogen-bond acceptors (Lipinski definition) is 4. The molecule has 0 atom stereocenters. The first-order valence-electron chi connectivity index (χ1n) is 9.10. The molecule has 7 heteroatoms. The molecule has 150 valence electrons. The van der Waals surface area contributed by atoms with Crippen molar-refractivity contribution in [2.45, 2.75) is 16.7 Å². The molecule has 3 aromatic rings. The number of para-hydroxylation sites is 2. The normalized spacial score (nSPS) is 11.1. The number of nitrogens with zero attached hydrogens (tertiary/aromatic N) is 1. The van der Waals surface area contributed by atoms with E-state index in [2.05, 4.69) is 5.32 Å². The second kappa shape index (κ2) is 9.15. The number of benzene rings is 3. The van der Waals surface area contributed by atoms with Gasteiger partial charge in [-0.25, -0.2) is 8.42 Å². The molecule has 0 saturated carbocycles. The molecule has 0 heterocycles. The third-order valence-corrected chi connectivity index (χ3v) is 7.05. The van der Waals surface area contributed by atoms with Gasteiger partial charge in [0.05, 0.1) is 16.3 Å². The molecule has 0 spiro atoms. The van der Waals surface area contributed by atoms with Gasteiger partial charge < -0.3 is 5.32 Å². The molecule has 29 heavy (non-hydrogen) atoms. The van der Waals surface area contributed by atoms with Gasteiger partial charge in [-0.1, -0.05) is 43.3 Å². The Balaban J connectivity index is 1.87. The molecule has 0 fully saturated rings. The maximum atomic E-state index is 13.0. The fourth-order valence-electron chi connectivity index (χ4n) is 2.78. The summed E-state index contributed by atoms with van der Waals surface area (Å²) in [5.41, 5.74) is 1.54. The SMILES string of the molecule is CCSc1ccccc1NC(=O)c1cccc(S(=O)(=O)N(C)c2ccccc2)c1. The topological polar surface area (TPSA) is 66.5 Å². The highest BCUT2D eigenvalue weighted by atomic mass is 32.2. The molecule has 0 aliphatic rings. The van der Waals surface area contributed by atoms with Crippen LogP contribution < -0.4 is 9.62 Å². The van der Waals surface area contributed by atoms with Gasteiger partial charge in [0.25, 0.3) is 15.9 Å². The third-order valence-electron chi connectivity index (χ3n) is 4.31. The molecule has 0 radical (unpaired) electrons. The van der Waals surface area contributed by atoms with Crippen LogP contribution in [0, 0.1) is 0 Å². The largest absolute Gasteiger partial charge is 0.321 e. The standard InChI is InChI=1S/C22H22N2O3S2/c1-3-28-21-15-8-7-14-20(21)23-22(25)17-10-9-13-19(16-17)29(26,27)24(2)18-11-5-4-6-12-18/h4-16H,3H2,1-2H3,(H,23,25). The molecule has 1 amide bonds. The highest BCUT2D eigenvalue weighted by molar-refractivity contribution is 7.99. The molecule has 3 rings (SSSR count). The van der Waals surface area contributed by atoms with Gasteiger partial charge in [-0.15, -0.1) is 11.8 Å². The zero-order chi connectivity index (χ0) is 20.9. The van der Waals surface area contributed by atoms with Crippen molar-refractivity contribution in [2.24, 2.45) is 0 Å². The van der Waals surface area contributed by atoms with Crippen LogP contribution in [-0.4, -0.2) is 27.1 Å². The molecule has 0 aliphatic heterocycles. The molecule has 5 nitrogen and oxygen atoms in total. The van der Waals surface area contributed by atoms with Gasteiger partial charge in [0.15, 0.2) is 0 Å². The monoisotopic (exact) mass is 426 g/mol. The number of rotatable bonds is 7. The van der Waals surface area contributed by atoms with Crippen molar-refractivity contribution in [1.29, 1.82) is 0 Å². The molecule has 0 aromatic heterocycles. The summed E-state index contributed by atoms with van der Waals surface area (Å²) in [5.74, 6) is 0.528. The fraction of sp³-hybridized carbons (Fsp3) is 0.136. The summed E-state index contributed by atoms with van der Waals surface area (Å²) in [5, 5.41) is 2.88. The summed E-state index contributed by atoms with van der Waals surface area (Å²) >= 11 is 1.63. The van der Waals surface area contributed by atoms with Crippen molar-refractivity contribution in [3.05, 3.63) is 84.4 Å². The Bertz CT molecular complexity index is 1100. The first-order valence-corrected chi connectivity index (χ1v) is 11.5. The van der Waals surface area contributed by atoms with E-state index in [4.69, 9.17) is 0 Å². The van der Waals surface area contributed by atoms with E-state index in [9.17, 15) is 13.2 Å². The van der Waals surface area contributed by atoms with Crippen molar-refractivity contribution in [2.75, 3.05) is 22.4 Å². The molecular formula is C22H22N2O3S2. The van der Waals surface area contributed by atoms with Crippen molar-refractivity contribution >= 4 is 39.1 Å². The number of carbonyl (C=O) groups is 1. The minimum atomic E-state index is -3.79. The molecule has 3 aromatic carbocycles. The first kappa shape index (κ1) is 21.0. The van der Waals surface area contributed by atoms with Gasteiger partial charge in [0.1, 0.15) is 0 Å². The second-order valence-corrected chi connectivity index (χ2v) is 9.49. The second-order valence-electron chi connectivity index (χ2n) is 6.22. The summed E-state index contributed by atoms with van der Waals surface area (Å²) in [4.78, 5) is 13.8. The van der Waals surface area contributed by atoms with Crippen LogP contribution in [0.25, 0.3) is 0 Å². The number of thioether (sulfide) groups is 1. The summed E-state index contributed by atoms with van der Waals surface area (Å²) in [6.07, 6.45) is 0. The third kappa shape index (κ3) is 4.81. The van der Waals surface area contributed by atoms with Crippen LogP contribution in [0.5, 0.6) is 0 Å². The molecule has 0 saturated heterocycles. The van der Waals surface area contributed by atoms with Gasteiger partial charge in [0, 0.05) is 17.5 Å². The van der Waals surface area contributed by atoms with Crippen molar-refractivity contribution < 1.29 is 13.2 Å². The predicted octanol–water partition coefficient (Wildman–Crippen LogP) is 4.88. The van der Waals surface area contributed by atoms with E-state index in [1.807, 2.05) is 37.3 Å². The zero-order valence-electron chi connectivity index (χ0n) is 16.2. The van der Waals surface area contributed by atoms with Crippen molar-refractivity contribution in [1.82, 2.24) is 0 Å². The number of nitrogens with one attached hydrogen (secondary N) is 1. The minimum absolute atomic E-state index is 0.0627. The van der Waals surface area contributed by atoms with E-state index in [0.717, 1.165) is 10.6 Å². The van der Waals surface area contributed by atoms with Crippen LogP contribution in [0.1, 0.15) is 17.3 Å². The zero-order valence-corrected chi connectivity index (χ0v) is 17.8. The summed E-state index contributed by atoms with van der Waals surface area (Å²) < 4.78 is 27.2. The predicted molar refractivity (Wildman–Crippen MR) is 119 cm³/mol. The first-order chi connectivity index (χ1) is 13.9. The van der Waals surface area contributed by atoms with E-state index >= 15 is 0 Å². The lowest BCUT2D eigenvalue weighted by Gasteiger charge is -2.19. The quantitative estimate of drug-likeness (QED) is 0.547. The van der Waals surface area contributed by atoms with E-state index in [0.29, 0.717) is 11.4 Å². The smallest absolute Gasteiger partial charge is 0.264 e. The number of carbonyl (C=O) groups excluding carboxylic acids is 1. The number of sulfonamides is 1. The Morgan fingerprint density at radius 3 is 2.38 bits per heavy atom. The van der Waals surface area contributed by atoms with Crippen LogP contribution >= 0.6 is 11.8 Å². The van der Waals surface area contributed by atoms with Crippen LogP contribution in [0.3, 0.4) is 0 Å². The Morgan fingerprint density at radius 2 is 1.66 bits per heavy atom. The molecule has 0 bridgehead atoms. The summed E-state index contributed by atoms with van der Waals surface area (Å²) in [6.45, 7) is 2.04. The highest BCUT2D eigenvalue weighted by Crippen LogP contribution is 2.27. The molecule has 1 N–H and O–H groups in total. The Morgan fingerprint density at radius 1 is 0.966 bits per heavy atom. The van der Waals surface area contributed by atoms with Gasteiger partial charge in [-0.3, -0.25) is 9.10 Å².